The number of rotatable bonds is 4. The molecule has 2 atom stereocenters. The fourth-order valence-corrected chi connectivity index (χ4v) is 3.71. The molecule has 0 spiro atoms. The van der Waals surface area contributed by atoms with Crippen LogP contribution in [0.1, 0.15) is 37.0 Å². The quantitative estimate of drug-likeness (QED) is 0.776. The highest BCUT2D eigenvalue weighted by molar-refractivity contribution is 5.97. The third kappa shape index (κ3) is 4.42. The Labute approximate surface area is 164 Å². The fourth-order valence-electron chi connectivity index (χ4n) is 3.71. The summed E-state index contributed by atoms with van der Waals surface area (Å²) >= 11 is 0. The summed E-state index contributed by atoms with van der Waals surface area (Å²) < 4.78 is 5.26. The summed E-state index contributed by atoms with van der Waals surface area (Å²) in [6.45, 7) is 6.09. The van der Waals surface area contributed by atoms with E-state index in [0.717, 1.165) is 11.1 Å². The van der Waals surface area contributed by atoms with Gasteiger partial charge in [0.25, 0.3) is 5.91 Å². The van der Waals surface area contributed by atoms with Crippen LogP contribution >= 0.6 is 0 Å². The lowest BCUT2D eigenvalue weighted by atomic mass is 9.76. The van der Waals surface area contributed by atoms with Gasteiger partial charge in [0.1, 0.15) is 0 Å². The Morgan fingerprint density at radius 1 is 1.00 bits per heavy atom. The van der Waals surface area contributed by atoms with Crippen molar-refractivity contribution in [3.8, 4) is 0 Å². The number of carboxylic acid groups (broad SMARTS) is 1. The number of amides is 2. The summed E-state index contributed by atoms with van der Waals surface area (Å²) in [7, 11) is 0. The van der Waals surface area contributed by atoms with E-state index in [9.17, 15) is 19.5 Å². The van der Waals surface area contributed by atoms with Gasteiger partial charge in [-0.25, -0.2) is 0 Å². The van der Waals surface area contributed by atoms with E-state index in [1.54, 1.807) is 29.2 Å². The minimum atomic E-state index is -0.946. The largest absolute Gasteiger partial charge is 0.481 e. The number of morpholine rings is 1. The lowest BCUT2D eigenvalue weighted by Crippen LogP contribution is -2.40. The van der Waals surface area contributed by atoms with Crippen molar-refractivity contribution in [2.45, 2.75) is 26.7 Å². The van der Waals surface area contributed by atoms with E-state index in [1.165, 1.54) is 0 Å². The van der Waals surface area contributed by atoms with Gasteiger partial charge >= 0.3 is 5.97 Å². The molecule has 1 aliphatic heterocycles. The van der Waals surface area contributed by atoms with E-state index in [0.29, 0.717) is 50.4 Å². The highest BCUT2D eigenvalue weighted by Gasteiger charge is 2.37. The lowest BCUT2D eigenvalue weighted by molar-refractivity contribution is -0.146. The Balaban J connectivity index is 1.67. The van der Waals surface area contributed by atoms with Crippen LogP contribution in [0.4, 0.5) is 5.69 Å². The van der Waals surface area contributed by atoms with Crippen LogP contribution in [0.5, 0.6) is 0 Å². The van der Waals surface area contributed by atoms with Crippen LogP contribution in [-0.4, -0.2) is 54.1 Å². The average Bonchev–Trinajstić information content (AvgIpc) is 2.70. The van der Waals surface area contributed by atoms with Crippen molar-refractivity contribution in [3.05, 3.63) is 41.0 Å². The molecule has 1 saturated heterocycles. The van der Waals surface area contributed by atoms with Crippen molar-refractivity contribution in [3.63, 3.8) is 0 Å². The Morgan fingerprint density at radius 2 is 1.57 bits per heavy atom. The molecule has 1 aliphatic carbocycles. The molecule has 0 radical (unpaired) electrons. The van der Waals surface area contributed by atoms with Crippen molar-refractivity contribution < 1.29 is 24.2 Å². The summed E-state index contributed by atoms with van der Waals surface area (Å²) in [5.74, 6) is -2.62. The van der Waals surface area contributed by atoms with Gasteiger partial charge < -0.3 is 20.1 Å². The van der Waals surface area contributed by atoms with E-state index in [1.807, 2.05) is 13.8 Å². The maximum Gasteiger partial charge on any atom is 0.307 e. The third-order valence-corrected chi connectivity index (χ3v) is 5.62. The minimum Gasteiger partial charge on any atom is -0.481 e. The molecule has 1 aromatic rings. The van der Waals surface area contributed by atoms with Crippen LogP contribution in [0.2, 0.25) is 0 Å². The third-order valence-electron chi connectivity index (χ3n) is 5.62. The molecule has 3 rings (SSSR count). The summed E-state index contributed by atoms with van der Waals surface area (Å²) in [6.07, 6.45) is 0.842. The molecule has 7 heteroatoms. The van der Waals surface area contributed by atoms with Gasteiger partial charge in [0.15, 0.2) is 0 Å². The molecule has 1 fully saturated rings. The molecule has 0 aromatic heterocycles. The zero-order chi connectivity index (χ0) is 20.3. The lowest BCUT2D eigenvalue weighted by Gasteiger charge is -2.29. The maximum absolute atomic E-state index is 12.7. The molecular weight excluding hydrogens is 360 g/mol. The number of carbonyl (C=O) groups is 3. The highest BCUT2D eigenvalue weighted by atomic mass is 16.5. The van der Waals surface area contributed by atoms with Crippen molar-refractivity contribution >= 4 is 23.5 Å². The molecule has 0 unspecified atom stereocenters. The first-order valence-electron chi connectivity index (χ1n) is 9.53. The molecule has 28 heavy (non-hydrogen) atoms. The van der Waals surface area contributed by atoms with E-state index in [2.05, 4.69) is 5.32 Å². The minimum absolute atomic E-state index is 0.0596. The number of benzene rings is 1. The number of nitrogens with one attached hydrogen (secondary N) is 1. The van der Waals surface area contributed by atoms with Crippen LogP contribution in [0.25, 0.3) is 0 Å². The SMILES string of the molecule is CC1=C(C)C[C@@H](C(=O)Nc2ccc(C(=O)N3CCOCC3)cc2)[C@H](C(=O)O)C1. The Bertz CT molecular complexity index is 794. The maximum atomic E-state index is 12.7. The number of nitrogens with zero attached hydrogens (tertiary/aromatic N) is 1. The standard InChI is InChI=1S/C21H26N2O5/c1-13-11-17(18(21(26)27)12-14(13)2)19(24)22-16-5-3-15(4-6-16)20(25)23-7-9-28-10-8-23/h3-6,17-18H,7-12H2,1-2H3,(H,22,24)(H,26,27)/t17-,18-/m1/s1. The Morgan fingerprint density at radius 3 is 2.14 bits per heavy atom. The predicted octanol–water partition coefficient (Wildman–Crippen LogP) is 2.54. The summed E-state index contributed by atoms with van der Waals surface area (Å²) in [6, 6.07) is 6.72. The molecule has 2 N–H and O–H groups in total. The van der Waals surface area contributed by atoms with Crippen molar-refractivity contribution in [1.82, 2.24) is 4.90 Å². The van der Waals surface area contributed by atoms with Gasteiger partial charge in [0.2, 0.25) is 5.91 Å². The normalized spacial score (nSPS) is 22.7. The van der Waals surface area contributed by atoms with Gasteiger partial charge in [-0.2, -0.15) is 0 Å². The zero-order valence-electron chi connectivity index (χ0n) is 16.2. The topological polar surface area (TPSA) is 95.9 Å². The van der Waals surface area contributed by atoms with Crippen LogP contribution in [-0.2, 0) is 14.3 Å². The monoisotopic (exact) mass is 386 g/mol. The summed E-state index contributed by atoms with van der Waals surface area (Å²) in [5.41, 5.74) is 3.22. The number of hydrogen-bond donors (Lipinski definition) is 2. The molecule has 1 aromatic carbocycles. The highest BCUT2D eigenvalue weighted by Crippen LogP contribution is 2.35. The van der Waals surface area contributed by atoms with Gasteiger partial charge in [0, 0.05) is 24.3 Å². The number of allylic oxidation sites excluding steroid dienone is 2. The second kappa shape index (κ2) is 8.56. The first kappa shape index (κ1) is 20.1. The van der Waals surface area contributed by atoms with Crippen LogP contribution in [0.3, 0.4) is 0 Å². The zero-order valence-corrected chi connectivity index (χ0v) is 16.2. The molecule has 1 heterocycles. The Kier molecular flexibility index (Phi) is 6.14. The molecule has 2 aliphatic rings. The number of hydrogen-bond acceptors (Lipinski definition) is 4. The van der Waals surface area contributed by atoms with Gasteiger partial charge in [-0.15, -0.1) is 0 Å². The van der Waals surface area contributed by atoms with Crippen LogP contribution < -0.4 is 5.32 Å². The second-order valence-corrected chi connectivity index (χ2v) is 7.49. The number of aliphatic carboxylic acids is 1. The van der Waals surface area contributed by atoms with Gasteiger partial charge in [-0.05, 0) is 51.0 Å². The molecular formula is C21H26N2O5. The second-order valence-electron chi connectivity index (χ2n) is 7.49. The average molecular weight is 386 g/mol. The Hall–Kier alpha value is -2.67. The van der Waals surface area contributed by atoms with Crippen molar-refractivity contribution in [2.24, 2.45) is 11.8 Å². The summed E-state index contributed by atoms with van der Waals surface area (Å²) in [5, 5.41) is 12.3. The molecule has 0 saturated carbocycles. The molecule has 150 valence electrons. The van der Waals surface area contributed by atoms with E-state index >= 15 is 0 Å². The number of carbonyl (C=O) groups excluding carboxylic acids is 2. The molecule has 7 nitrogen and oxygen atoms in total. The summed E-state index contributed by atoms with van der Waals surface area (Å²) in [4.78, 5) is 38.5. The number of ether oxygens (including phenoxy) is 1. The molecule has 0 bridgehead atoms. The van der Waals surface area contributed by atoms with E-state index in [4.69, 9.17) is 4.74 Å². The molecule has 2 amide bonds. The van der Waals surface area contributed by atoms with Crippen LogP contribution in [0, 0.1) is 11.8 Å². The smallest absolute Gasteiger partial charge is 0.307 e. The van der Waals surface area contributed by atoms with Crippen molar-refractivity contribution in [1.29, 1.82) is 0 Å². The number of carboxylic acids is 1. The van der Waals surface area contributed by atoms with Crippen LogP contribution in [0.15, 0.2) is 35.4 Å². The van der Waals surface area contributed by atoms with Gasteiger partial charge in [0.05, 0.1) is 25.0 Å². The van der Waals surface area contributed by atoms with Gasteiger partial charge in [-0.3, -0.25) is 14.4 Å². The van der Waals surface area contributed by atoms with Gasteiger partial charge in [-0.1, -0.05) is 11.1 Å². The number of anilines is 1. The first-order chi connectivity index (χ1) is 13.4. The fraction of sp³-hybridized carbons (Fsp3) is 0.476. The van der Waals surface area contributed by atoms with E-state index in [-0.39, 0.29) is 11.8 Å². The first-order valence-corrected chi connectivity index (χ1v) is 9.53. The van der Waals surface area contributed by atoms with E-state index < -0.39 is 17.8 Å². The predicted molar refractivity (Wildman–Crippen MR) is 104 cm³/mol. The van der Waals surface area contributed by atoms with Crippen molar-refractivity contribution in [2.75, 3.05) is 31.6 Å².